The highest BCUT2D eigenvalue weighted by atomic mass is 32.1. The molecule has 0 unspecified atom stereocenters. The van der Waals surface area contributed by atoms with Crippen molar-refractivity contribution in [2.45, 2.75) is 31.8 Å². The van der Waals surface area contributed by atoms with Crippen LogP contribution in [-0.2, 0) is 16.8 Å². The number of piperidine rings is 1. The Morgan fingerprint density at radius 2 is 2.10 bits per heavy atom. The van der Waals surface area contributed by atoms with Gasteiger partial charge in [0.05, 0.1) is 22.8 Å². The number of carbonyl (C=O) groups excluding carboxylic acids is 1. The van der Waals surface area contributed by atoms with Crippen LogP contribution in [0.15, 0.2) is 34.9 Å². The summed E-state index contributed by atoms with van der Waals surface area (Å²) in [6.45, 7) is 3.75. The first-order valence-electron chi connectivity index (χ1n) is 9.77. The second kappa shape index (κ2) is 6.96. The third-order valence-electron chi connectivity index (χ3n) is 5.74. The van der Waals surface area contributed by atoms with Gasteiger partial charge in [0.1, 0.15) is 11.6 Å². The Morgan fingerprint density at radius 3 is 2.83 bits per heavy atom. The SMILES string of the molecule is Cc1cc(C(=O)N2CCC3(CC2)OCCc2sc(-c4cccc(N)n4)cc23)no1. The summed E-state index contributed by atoms with van der Waals surface area (Å²) >= 11 is 1.77. The number of nitrogens with zero attached hydrogens (tertiary/aromatic N) is 3. The first kappa shape index (κ1) is 18.3. The fraction of sp³-hybridized carbons (Fsp3) is 0.381. The highest BCUT2D eigenvalue weighted by Crippen LogP contribution is 2.46. The molecule has 1 amide bonds. The number of nitrogens with two attached hydrogens (primary N) is 1. The Labute approximate surface area is 172 Å². The number of amides is 1. The molecule has 0 aromatic carbocycles. The normalized spacial score (nSPS) is 18.0. The molecule has 5 rings (SSSR count). The van der Waals surface area contributed by atoms with Gasteiger partial charge in [-0.05, 0) is 43.5 Å². The van der Waals surface area contributed by atoms with Gasteiger partial charge >= 0.3 is 0 Å². The van der Waals surface area contributed by atoms with E-state index in [2.05, 4.69) is 16.2 Å². The maximum atomic E-state index is 12.7. The van der Waals surface area contributed by atoms with Gasteiger partial charge in [-0.3, -0.25) is 4.79 Å². The molecule has 1 fully saturated rings. The summed E-state index contributed by atoms with van der Waals surface area (Å²) in [7, 11) is 0. The van der Waals surface area contributed by atoms with Crippen molar-refractivity contribution < 1.29 is 14.1 Å². The lowest BCUT2D eigenvalue weighted by atomic mass is 9.82. The molecular weight excluding hydrogens is 388 g/mol. The molecule has 8 heteroatoms. The molecule has 7 nitrogen and oxygen atoms in total. The fourth-order valence-electron chi connectivity index (χ4n) is 4.25. The van der Waals surface area contributed by atoms with E-state index in [4.69, 9.17) is 15.0 Å². The molecule has 2 N–H and O–H groups in total. The van der Waals surface area contributed by atoms with Crippen LogP contribution in [0.1, 0.15) is 39.5 Å². The van der Waals surface area contributed by atoms with Gasteiger partial charge in [0, 0.05) is 30.5 Å². The average Bonchev–Trinajstić information content (AvgIpc) is 3.36. The number of anilines is 1. The second-order valence-corrected chi connectivity index (χ2v) is 8.74. The number of hydrogen-bond acceptors (Lipinski definition) is 7. The lowest BCUT2D eigenvalue weighted by Gasteiger charge is -2.43. The highest BCUT2D eigenvalue weighted by Gasteiger charge is 2.43. The van der Waals surface area contributed by atoms with Gasteiger partial charge in [0.25, 0.3) is 5.91 Å². The molecule has 2 aliphatic heterocycles. The number of hydrogen-bond donors (Lipinski definition) is 1. The topological polar surface area (TPSA) is 94.5 Å². The first-order chi connectivity index (χ1) is 14.0. The van der Waals surface area contributed by atoms with Crippen LogP contribution in [0.25, 0.3) is 10.6 Å². The van der Waals surface area contributed by atoms with Gasteiger partial charge in [0.15, 0.2) is 5.69 Å². The zero-order valence-electron chi connectivity index (χ0n) is 16.2. The largest absolute Gasteiger partial charge is 0.384 e. The standard InChI is InChI=1S/C21H22N4O3S/c1-13-11-16(24-28-13)20(26)25-8-6-21(7-9-25)14-12-18(29-17(14)5-10-27-21)15-3-2-4-19(22)23-15/h2-4,11-12H,5-10H2,1H3,(H2,22,23). The molecule has 0 bridgehead atoms. The van der Waals surface area contributed by atoms with E-state index in [0.717, 1.165) is 29.8 Å². The number of carbonyl (C=O) groups is 1. The fourth-order valence-corrected chi connectivity index (χ4v) is 5.45. The Balaban J connectivity index is 1.39. The van der Waals surface area contributed by atoms with Crippen molar-refractivity contribution in [2.75, 3.05) is 25.4 Å². The number of ether oxygens (including phenoxy) is 1. The summed E-state index contributed by atoms with van der Waals surface area (Å²) in [5.41, 5.74) is 8.05. The Bertz CT molecular complexity index is 1070. The predicted molar refractivity (Wildman–Crippen MR) is 110 cm³/mol. The number of rotatable bonds is 2. The van der Waals surface area contributed by atoms with E-state index < -0.39 is 0 Å². The van der Waals surface area contributed by atoms with E-state index in [-0.39, 0.29) is 11.5 Å². The van der Waals surface area contributed by atoms with Crippen LogP contribution in [0.5, 0.6) is 0 Å². The van der Waals surface area contributed by atoms with Crippen molar-refractivity contribution >= 4 is 23.1 Å². The highest BCUT2D eigenvalue weighted by molar-refractivity contribution is 7.15. The summed E-state index contributed by atoms with van der Waals surface area (Å²) < 4.78 is 11.4. The van der Waals surface area contributed by atoms with Crippen LogP contribution in [0, 0.1) is 6.92 Å². The van der Waals surface area contributed by atoms with Gasteiger partial charge in [-0.25, -0.2) is 4.98 Å². The number of fused-ring (bicyclic) bond motifs is 2. The number of likely N-dealkylation sites (tertiary alicyclic amines) is 1. The van der Waals surface area contributed by atoms with Crippen molar-refractivity contribution in [1.29, 1.82) is 0 Å². The van der Waals surface area contributed by atoms with E-state index in [1.807, 2.05) is 17.0 Å². The minimum atomic E-state index is -0.334. The molecule has 3 aromatic heterocycles. The first-order valence-corrected chi connectivity index (χ1v) is 10.6. The van der Waals surface area contributed by atoms with Gasteiger partial charge in [-0.15, -0.1) is 11.3 Å². The van der Waals surface area contributed by atoms with Crippen LogP contribution < -0.4 is 5.73 Å². The van der Waals surface area contributed by atoms with E-state index in [1.165, 1.54) is 10.4 Å². The van der Waals surface area contributed by atoms with Crippen LogP contribution >= 0.6 is 11.3 Å². The van der Waals surface area contributed by atoms with Crippen molar-refractivity contribution in [2.24, 2.45) is 0 Å². The molecule has 2 aliphatic rings. The van der Waals surface area contributed by atoms with Gasteiger partial charge in [-0.2, -0.15) is 0 Å². The summed E-state index contributed by atoms with van der Waals surface area (Å²) in [5.74, 6) is 1.08. The molecule has 3 aromatic rings. The third-order valence-corrected chi connectivity index (χ3v) is 6.95. The number of thiophene rings is 1. The number of aromatic nitrogens is 2. The number of pyridine rings is 1. The van der Waals surface area contributed by atoms with Crippen LogP contribution in [0.3, 0.4) is 0 Å². The van der Waals surface area contributed by atoms with Crippen molar-refractivity contribution in [3.05, 3.63) is 52.2 Å². The van der Waals surface area contributed by atoms with Crippen LogP contribution in [-0.4, -0.2) is 40.6 Å². The maximum absolute atomic E-state index is 12.7. The van der Waals surface area contributed by atoms with Gasteiger partial charge in [-0.1, -0.05) is 11.2 Å². The van der Waals surface area contributed by atoms with E-state index in [1.54, 1.807) is 30.4 Å². The minimum Gasteiger partial charge on any atom is -0.384 e. The molecule has 0 saturated carbocycles. The molecule has 5 heterocycles. The van der Waals surface area contributed by atoms with Gasteiger partial charge in [0.2, 0.25) is 0 Å². The van der Waals surface area contributed by atoms with E-state index in [0.29, 0.717) is 37.0 Å². The summed E-state index contributed by atoms with van der Waals surface area (Å²) in [4.78, 5) is 21.5. The number of aryl methyl sites for hydroxylation is 1. The van der Waals surface area contributed by atoms with E-state index >= 15 is 0 Å². The zero-order valence-corrected chi connectivity index (χ0v) is 17.0. The predicted octanol–water partition coefficient (Wildman–Crippen LogP) is 3.39. The third kappa shape index (κ3) is 3.22. The molecule has 0 radical (unpaired) electrons. The average molecular weight is 410 g/mol. The smallest absolute Gasteiger partial charge is 0.276 e. The van der Waals surface area contributed by atoms with Crippen molar-refractivity contribution in [3.63, 3.8) is 0 Å². The zero-order chi connectivity index (χ0) is 20.0. The molecule has 1 saturated heterocycles. The van der Waals surface area contributed by atoms with Crippen LogP contribution in [0.2, 0.25) is 0 Å². The number of nitrogen functional groups attached to an aromatic ring is 1. The Morgan fingerprint density at radius 1 is 1.28 bits per heavy atom. The lowest BCUT2D eigenvalue weighted by Crippen LogP contribution is -2.48. The van der Waals surface area contributed by atoms with Gasteiger partial charge < -0.3 is 19.9 Å². The summed E-state index contributed by atoms with van der Waals surface area (Å²) in [6, 6.07) is 9.61. The van der Waals surface area contributed by atoms with Crippen molar-refractivity contribution in [1.82, 2.24) is 15.0 Å². The second-order valence-electron chi connectivity index (χ2n) is 7.60. The Kier molecular flexibility index (Phi) is 4.40. The molecule has 150 valence electrons. The molecule has 0 atom stereocenters. The summed E-state index contributed by atoms with van der Waals surface area (Å²) in [5, 5.41) is 3.86. The van der Waals surface area contributed by atoms with Crippen LogP contribution in [0.4, 0.5) is 5.82 Å². The molecule has 29 heavy (non-hydrogen) atoms. The maximum Gasteiger partial charge on any atom is 0.276 e. The monoisotopic (exact) mass is 410 g/mol. The molecule has 0 aliphatic carbocycles. The molecule has 1 spiro atoms. The van der Waals surface area contributed by atoms with E-state index in [9.17, 15) is 4.79 Å². The lowest BCUT2D eigenvalue weighted by molar-refractivity contribution is -0.0926. The summed E-state index contributed by atoms with van der Waals surface area (Å²) in [6.07, 6.45) is 2.44. The van der Waals surface area contributed by atoms with Crippen molar-refractivity contribution in [3.8, 4) is 10.6 Å². The quantitative estimate of drug-likeness (QED) is 0.696. The minimum absolute atomic E-state index is 0.0808. The molecular formula is C21H22N4O3S. The Hall–Kier alpha value is -2.71.